The van der Waals surface area contributed by atoms with Crippen LogP contribution < -0.4 is 10.2 Å². The number of nitrogens with zero attached hydrogens (tertiary/aromatic N) is 4. The van der Waals surface area contributed by atoms with Gasteiger partial charge in [0.25, 0.3) is 11.6 Å². The lowest BCUT2D eigenvalue weighted by Gasteiger charge is -2.18. The highest BCUT2D eigenvalue weighted by molar-refractivity contribution is 5.93. The van der Waals surface area contributed by atoms with E-state index < -0.39 is 4.92 Å². The summed E-state index contributed by atoms with van der Waals surface area (Å²) in [6.45, 7) is 2.53. The molecule has 2 aromatic carbocycles. The second kappa shape index (κ2) is 8.14. The van der Waals surface area contributed by atoms with Crippen LogP contribution in [0.15, 0.2) is 67.0 Å². The number of aromatic nitrogens is 2. The summed E-state index contributed by atoms with van der Waals surface area (Å²) >= 11 is 0. The molecule has 1 amide bonds. The zero-order chi connectivity index (χ0) is 20.2. The van der Waals surface area contributed by atoms with Crippen LogP contribution in [0.2, 0.25) is 0 Å². The number of carbonyl (C=O) groups is 1. The van der Waals surface area contributed by atoms with E-state index >= 15 is 0 Å². The topological polar surface area (TPSA) is 93.3 Å². The summed E-state index contributed by atoms with van der Waals surface area (Å²) in [5.41, 5.74) is 2.34. The van der Waals surface area contributed by atoms with Crippen LogP contribution in [0.1, 0.15) is 16.8 Å². The van der Waals surface area contributed by atoms with Crippen LogP contribution in [0, 0.1) is 16.0 Å². The van der Waals surface area contributed by atoms with Gasteiger partial charge in [0.2, 0.25) is 0 Å². The standard InChI is InChI=1S/C21H21N5O3/c27-21(22-12-16-10-11-24(14-16)18-4-2-1-3-5-18)17-13-23-25(15-17)19-6-8-20(9-7-19)26(28)29/h1-9,13,15-16H,10-12,14H2,(H,22,27). The fourth-order valence-electron chi connectivity index (χ4n) is 3.52. The Bertz CT molecular complexity index is 1000. The fraction of sp³-hybridized carbons (Fsp3) is 0.238. The van der Waals surface area contributed by atoms with Gasteiger partial charge in [0.15, 0.2) is 0 Å². The first-order chi connectivity index (χ1) is 14.1. The minimum atomic E-state index is -0.451. The van der Waals surface area contributed by atoms with Gasteiger partial charge in [-0.05, 0) is 36.6 Å². The molecular formula is C21H21N5O3. The number of nitro groups is 1. The molecule has 0 radical (unpaired) electrons. The molecule has 1 fully saturated rings. The lowest BCUT2D eigenvalue weighted by molar-refractivity contribution is -0.384. The van der Waals surface area contributed by atoms with Crippen molar-refractivity contribution in [3.05, 3.63) is 82.7 Å². The molecule has 29 heavy (non-hydrogen) atoms. The summed E-state index contributed by atoms with van der Waals surface area (Å²) in [6.07, 6.45) is 4.17. The maximum atomic E-state index is 12.5. The predicted molar refractivity (Wildman–Crippen MR) is 109 cm³/mol. The molecule has 1 saturated heterocycles. The third kappa shape index (κ3) is 4.26. The Morgan fingerprint density at radius 2 is 1.90 bits per heavy atom. The maximum Gasteiger partial charge on any atom is 0.269 e. The van der Waals surface area contributed by atoms with Gasteiger partial charge in [-0.25, -0.2) is 4.68 Å². The largest absolute Gasteiger partial charge is 0.371 e. The summed E-state index contributed by atoms with van der Waals surface area (Å²) in [5, 5.41) is 17.9. The van der Waals surface area contributed by atoms with Gasteiger partial charge in [-0.15, -0.1) is 0 Å². The Kier molecular flexibility index (Phi) is 5.24. The minimum absolute atomic E-state index is 0.0139. The van der Waals surface area contributed by atoms with Gasteiger partial charge >= 0.3 is 0 Å². The molecule has 1 N–H and O–H groups in total. The van der Waals surface area contributed by atoms with E-state index in [1.165, 1.54) is 28.7 Å². The van der Waals surface area contributed by atoms with E-state index in [-0.39, 0.29) is 11.6 Å². The molecular weight excluding hydrogens is 370 g/mol. The fourth-order valence-corrected chi connectivity index (χ4v) is 3.52. The van der Waals surface area contributed by atoms with Crippen molar-refractivity contribution in [1.29, 1.82) is 0 Å². The zero-order valence-electron chi connectivity index (χ0n) is 15.8. The smallest absolute Gasteiger partial charge is 0.269 e. The monoisotopic (exact) mass is 391 g/mol. The van der Waals surface area contributed by atoms with Crippen LogP contribution >= 0.6 is 0 Å². The summed E-state index contributed by atoms with van der Waals surface area (Å²) in [6, 6.07) is 16.3. The van der Waals surface area contributed by atoms with E-state index in [4.69, 9.17) is 0 Å². The van der Waals surface area contributed by atoms with Crippen LogP contribution in [0.5, 0.6) is 0 Å². The lowest BCUT2D eigenvalue weighted by atomic mass is 10.1. The van der Waals surface area contributed by atoms with Crippen molar-refractivity contribution in [3.8, 4) is 5.69 Å². The molecule has 1 aliphatic heterocycles. The quantitative estimate of drug-likeness (QED) is 0.515. The third-order valence-corrected chi connectivity index (χ3v) is 5.13. The van der Waals surface area contributed by atoms with Gasteiger partial charge in [-0.1, -0.05) is 18.2 Å². The first kappa shape index (κ1) is 18.7. The van der Waals surface area contributed by atoms with Crippen molar-refractivity contribution in [1.82, 2.24) is 15.1 Å². The molecule has 4 rings (SSSR count). The summed E-state index contributed by atoms with van der Waals surface area (Å²) in [7, 11) is 0. The minimum Gasteiger partial charge on any atom is -0.371 e. The van der Waals surface area contributed by atoms with Gasteiger partial charge < -0.3 is 10.2 Å². The number of hydrogen-bond donors (Lipinski definition) is 1. The molecule has 0 spiro atoms. The average molecular weight is 391 g/mol. The number of amides is 1. The number of nitrogens with one attached hydrogen (secondary N) is 1. The van der Waals surface area contributed by atoms with E-state index in [1.54, 1.807) is 18.3 Å². The Hall–Kier alpha value is -3.68. The normalized spacial score (nSPS) is 16.0. The molecule has 2 heterocycles. The van der Waals surface area contributed by atoms with Gasteiger partial charge in [0.1, 0.15) is 0 Å². The molecule has 0 bridgehead atoms. The van der Waals surface area contributed by atoms with Gasteiger partial charge in [-0.3, -0.25) is 14.9 Å². The number of non-ortho nitro benzene ring substituents is 1. The summed E-state index contributed by atoms with van der Waals surface area (Å²) in [4.78, 5) is 25.1. The second-order valence-corrected chi connectivity index (χ2v) is 7.09. The summed E-state index contributed by atoms with van der Waals surface area (Å²) in [5.74, 6) is 0.236. The second-order valence-electron chi connectivity index (χ2n) is 7.09. The Labute approximate surface area is 167 Å². The first-order valence-corrected chi connectivity index (χ1v) is 9.48. The molecule has 148 valence electrons. The number of rotatable bonds is 6. The van der Waals surface area contributed by atoms with Crippen molar-refractivity contribution < 1.29 is 9.72 Å². The van der Waals surface area contributed by atoms with E-state index in [9.17, 15) is 14.9 Å². The zero-order valence-corrected chi connectivity index (χ0v) is 15.8. The van der Waals surface area contributed by atoms with Crippen LogP contribution in [-0.4, -0.2) is 40.2 Å². The van der Waals surface area contributed by atoms with Crippen LogP contribution in [0.3, 0.4) is 0 Å². The average Bonchev–Trinajstić information content (AvgIpc) is 3.43. The van der Waals surface area contributed by atoms with Crippen molar-refractivity contribution in [3.63, 3.8) is 0 Å². The number of anilines is 1. The van der Waals surface area contributed by atoms with Gasteiger partial charge in [-0.2, -0.15) is 5.10 Å². The van der Waals surface area contributed by atoms with Crippen molar-refractivity contribution in [2.45, 2.75) is 6.42 Å². The number of nitro benzene ring substituents is 1. The first-order valence-electron chi connectivity index (χ1n) is 9.48. The predicted octanol–water partition coefficient (Wildman–Crippen LogP) is 3.04. The van der Waals surface area contributed by atoms with E-state index in [0.717, 1.165) is 19.5 Å². The molecule has 1 aromatic heterocycles. The Morgan fingerprint density at radius 3 is 2.62 bits per heavy atom. The molecule has 1 atom stereocenters. The number of benzene rings is 2. The van der Waals surface area contributed by atoms with Crippen molar-refractivity contribution >= 4 is 17.3 Å². The molecule has 3 aromatic rings. The van der Waals surface area contributed by atoms with E-state index in [1.807, 2.05) is 18.2 Å². The highest BCUT2D eigenvalue weighted by Crippen LogP contribution is 2.23. The Morgan fingerprint density at radius 1 is 1.14 bits per heavy atom. The molecule has 1 unspecified atom stereocenters. The van der Waals surface area contributed by atoms with Crippen LogP contribution in [0.4, 0.5) is 11.4 Å². The van der Waals surface area contributed by atoms with Crippen LogP contribution in [0.25, 0.3) is 5.69 Å². The van der Waals surface area contributed by atoms with E-state index in [0.29, 0.717) is 23.7 Å². The highest BCUT2D eigenvalue weighted by Gasteiger charge is 2.23. The number of para-hydroxylation sites is 1. The number of hydrogen-bond acceptors (Lipinski definition) is 5. The van der Waals surface area contributed by atoms with E-state index in [2.05, 4.69) is 27.4 Å². The molecule has 8 nitrogen and oxygen atoms in total. The molecule has 0 aliphatic carbocycles. The number of carbonyl (C=O) groups excluding carboxylic acids is 1. The van der Waals surface area contributed by atoms with Gasteiger partial charge in [0.05, 0.1) is 22.4 Å². The maximum absolute atomic E-state index is 12.5. The highest BCUT2D eigenvalue weighted by atomic mass is 16.6. The van der Waals surface area contributed by atoms with Crippen molar-refractivity contribution in [2.75, 3.05) is 24.5 Å². The molecule has 1 aliphatic rings. The summed E-state index contributed by atoms with van der Waals surface area (Å²) < 4.78 is 1.53. The van der Waals surface area contributed by atoms with Gasteiger partial charge in [0, 0.05) is 43.7 Å². The van der Waals surface area contributed by atoms with Crippen LogP contribution in [-0.2, 0) is 0 Å². The molecule has 0 saturated carbocycles. The third-order valence-electron chi connectivity index (χ3n) is 5.13. The van der Waals surface area contributed by atoms with Crippen molar-refractivity contribution in [2.24, 2.45) is 5.92 Å². The molecule has 8 heteroatoms. The Balaban J connectivity index is 1.32. The lowest BCUT2D eigenvalue weighted by Crippen LogP contribution is -2.30. The SMILES string of the molecule is O=C(NCC1CCN(c2ccccc2)C1)c1cnn(-c2ccc([N+](=O)[O-])cc2)c1.